The first-order chi connectivity index (χ1) is 12.9. The second-order valence-corrected chi connectivity index (χ2v) is 7.47. The van der Waals surface area contributed by atoms with Gasteiger partial charge >= 0.3 is 0 Å². The second-order valence-electron chi connectivity index (χ2n) is 7.47. The molecule has 3 rings (SSSR count). The number of aryl methyl sites for hydroxylation is 2. The number of benzene rings is 1. The minimum Gasteiger partial charge on any atom is -0.378 e. The van der Waals surface area contributed by atoms with Gasteiger partial charge in [-0.3, -0.25) is 14.4 Å². The average Bonchev–Trinajstić information content (AvgIpc) is 2.90. The molecule has 5 nitrogen and oxygen atoms in total. The molecule has 1 aromatic rings. The maximum Gasteiger partial charge on any atom is 0.223 e. The van der Waals surface area contributed by atoms with Crippen LogP contribution >= 0.6 is 0 Å². The summed E-state index contributed by atoms with van der Waals surface area (Å²) in [6.07, 6.45) is 4.25. The third-order valence-corrected chi connectivity index (χ3v) is 5.51. The molecule has 0 N–H and O–H groups in total. The van der Waals surface area contributed by atoms with E-state index in [1.165, 1.54) is 0 Å². The van der Waals surface area contributed by atoms with E-state index in [-0.39, 0.29) is 30.3 Å². The lowest BCUT2D eigenvalue weighted by Gasteiger charge is -2.27. The predicted octanol–water partition coefficient (Wildman–Crippen LogP) is 2.83. The normalized spacial score (nSPS) is 23.4. The van der Waals surface area contributed by atoms with Crippen molar-refractivity contribution in [3.8, 4) is 0 Å². The Labute approximate surface area is 160 Å². The SMILES string of the molecule is C/C=C/c1cc(C)c(C2C(=O)CC(CC(=O)N3CCOCC3)C2=O)c(C)c1. The Bertz CT molecular complexity index is 766. The summed E-state index contributed by atoms with van der Waals surface area (Å²) in [5.74, 6) is -1.46. The van der Waals surface area contributed by atoms with E-state index in [9.17, 15) is 14.4 Å². The number of ether oxygens (including phenoxy) is 1. The third kappa shape index (κ3) is 4.03. The van der Waals surface area contributed by atoms with Crippen molar-refractivity contribution >= 4 is 23.5 Å². The molecule has 0 radical (unpaired) electrons. The molecule has 1 aromatic carbocycles. The lowest BCUT2D eigenvalue weighted by atomic mass is 9.86. The van der Waals surface area contributed by atoms with E-state index in [4.69, 9.17) is 4.74 Å². The summed E-state index contributed by atoms with van der Waals surface area (Å²) in [5.41, 5.74) is 3.79. The Hall–Kier alpha value is -2.27. The largest absolute Gasteiger partial charge is 0.378 e. The molecule has 1 saturated carbocycles. The molecule has 2 fully saturated rings. The van der Waals surface area contributed by atoms with Crippen molar-refractivity contribution in [2.45, 2.75) is 39.5 Å². The molecule has 0 aromatic heterocycles. The number of allylic oxidation sites excluding steroid dienone is 1. The van der Waals surface area contributed by atoms with E-state index in [2.05, 4.69) is 0 Å². The van der Waals surface area contributed by atoms with Gasteiger partial charge in [-0.15, -0.1) is 0 Å². The molecule has 0 spiro atoms. The van der Waals surface area contributed by atoms with Gasteiger partial charge in [-0.05, 0) is 43.0 Å². The van der Waals surface area contributed by atoms with Crippen molar-refractivity contribution in [2.24, 2.45) is 5.92 Å². The summed E-state index contributed by atoms with van der Waals surface area (Å²) >= 11 is 0. The highest BCUT2D eigenvalue weighted by atomic mass is 16.5. The van der Waals surface area contributed by atoms with Gasteiger partial charge in [-0.1, -0.05) is 24.3 Å². The molecule has 1 amide bonds. The highest BCUT2D eigenvalue weighted by molar-refractivity contribution is 6.15. The van der Waals surface area contributed by atoms with Crippen molar-refractivity contribution in [2.75, 3.05) is 26.3 Å². The second kappa shape index (κ2) is 8.17. The standard InChI is InChI=1S/C22H27NO4/c1-4-5-16-10-14(2)20(15(3)11-16)21-18(24)12-17(22(21)26)13-19(25)23-6-8-27-9-7-23/h4-5,10-11,17,21H,6-9,12-13H2,1-3H3/b5-4+. The Balaban J connectivity index is 1.79. The number of amides is 1. The zero-order chi connectivity index (χ0) is 19.6. The van der Waals surface area contributed by atoms with Crippen molar-refractivity contribution in [1.29, 1.82) is 0 Å². The van der Waals surface area contributed by atoms with Gasteiger partial charge in [-0.2, -0.15) is 0 Å². The number of carbonyl (C=O) groups excluding carboxylic acids is 3. The predicted molar refractivity (Wildman–Crippen MR) is 104 cm³/mol. The van der Waals surface area contributed by atoms with E-state index in [0.29, 0.717) is 26.3 Å². The Morgan fingerprint density at radius 1 is 1.19 bits per heavy atom. The minimum absolute atomic E-state index is 0.0537. The maximum atomic E-state index is 13.0. The molecular formula is C22H27NO4. The number of morpholine rings is 1. The molecule has 2 aliphatic rings. The highest BCUT2D eigenvalue weighted by Gasteiger charge is 2.44. The topological polar surface area (TPSA) is 63.7 Å². The molecule has 5 heteroatoms. The molecule has 144 valence electrons. The van der Waals surface area contributed by atoms with Crippen molar-refractivity contribution in [1.82, 2.24) is 4.90 Å². The molecule has 2 atom stereocenters. The summed E-state index contributed by atoms with van der Waals surface area (Å²) in [4.78, 5) is 39.9. The number of carbonyl (C=O) groups is 3. The van der Waals surface area contributed by atoms with Crippen LogP contribution in [0.2, 0.25) is 0 Å². The van der Waals surface area contributed by atoms with Crippen LogP contribution in [0.3, 0.4) is 0 Å². The summed E-state index contributed by atoms with van der Waals surface area (Å²) in [7, 11) is 0. The molecule has 1 heterocycles. The van der Waals surface area contributed by atoms with Gasteiger partial charge in [0.15, 0.2) is 5.78 Å². The van der Waals surface area contributed by atoms with Gasteiger partial charge in [0.2, 0.25) is 5.91 Å². The molecule has 27 heavy (non-hydrogen) atoms. The van der Waals surface area contributed by atoms with Gasteiger partial charge in [0.05, 0.1) is 13.2 Å². The van der Waals surface area contributed by atoms with Crippen LogP contribution in [0.15, 0.2) is 18.2 Å². The quantitative estimate of drug-likeness (QED) is 0.766. The summed E-state index contributed by atoms with van der Waals surface area (Å²) in [6.45, 7) is 8.03. The van der Waals surface area contributed by atoms with Crippen LogP contribution in [0.5, 0.6) is 0 Å². The third-order valence-electron chi connectivity index (χ3n) is 5.51. The fraction of sp³-hybridized carbons (Fsp3) is 0.500. The number of ketones is 2. The van der Waals surface area contributed by atoms with Gasteiger partial charge in [0.25, 0.3) is 0 Å². The molecule has 1 aliphatic carbocycles. The highest BCUT2D eigenvalue weighted by Crippen LogP contribution is 2.37. The van der Waals surface area contributed by atoms with Crippen molar-refractivity contribution in [3.05, 3.63) is 40.5 Å². The Kier molecular flexibility index (Phi) is 5.90. The van der Waals surface area contributed by atoms with Gasteiger partial charge < -0.3 is 9.64 Å². The maximum absolute atomic E-state index is 13.0. The van der Waals surface area contributed by atoms with Gasteiger partial charge in [-0.25, -0.2) is 0 Å². The number of Topliss-reactive ketones (excluding diaryl/α,β-unsaturated/α-hetero) is 2. The Morgan fingerprint density at radius 2 is 1.81 bits per heavy atom. The molecule has 0 bridgehead atoms. The van der Waals surface area contributed by atoms with E-state index in [1.54, 1.807) is 4.90 Å². The zero-order valence-corrected chi connectivity index (χ0v) is 16.3. The van der Waals surface area contributed by atoms with Crippen LogP contribution in [0.1, 0.15) is 47.9 Å². The van der Waals surface area contributed by atoms with E-state index in [1.807, 2.05) is 45.1 Å². The van der Waals surface area contributed by atoms with Crippen LogP contribution < -0.4 is 0 Å². The van der Waals surface area contributed by atoms with Gasteiger partial charge in [0.1, 0.15) is 11.7 Å². The van der Waals surface area contributed by atoms with Crippen LogP contribution in [-0.2, 0) is 19.1 Å². The number of rotatable bonds is 4. The number of nitrogens with zero attached hydrogens (tertiary/aromatic N) is 1. The monoisotopic (exact) mass is 369 g/mol. The van der Waals surface area contributed by atoms with Crippen LogP contribution in [-0.4, -0.2) is 48.7 Å². The number of hydrogen-bond acceptors (Lipinski definition) is 4. The molecular weight excluding hydrogens is 342 g/mol. The number of hydrogen-bond donors (Lipinski definition) is 0. The minimum atomic E-state index is -0.729. The summed E-state index contributed by atoms with van der Waals surface area (Å²) in [6, 6.07) is 4.02. The average molecular weight is 369 g/mol. The fourth-order valence-corrected chi connectivity index (χ4v) is 4.24. The zero-order valence-electron chi connectivity index (χ0n) is 16.3. The van der Waals surface area contributed by atoms with E-state index < -0.39 is 11.8 Å². The molecule has 1 saturated heterocycles. The van der Waals surface area contributed by atoms with E-state index >= 15 is 0 Å². The summed E-state index contributed by atoms with van der Waals surface area (Å²) < 4.78 is 5.27. The first kappa shape index (κ1) is 19.5. The van der Waals surface area contributed by atoms with Crippen LogP contribution in [0.4, 0.5) is 0 Å². The lowest BCUT2D eigenvalue weighted by Crippen LogP contribution is -2.41. The molecule has 2 unspecified atom stereocenters. The lowest BCUT2D eigenvalue weighted by molar-refractivity contribution is -0.138. The smallest absolute Gasteiger partial charge is 0.223 e. The van der Waals surface area contributed by atoms with Crippen LogP contribution in [0, 0.1) is 19.8 Å². The first-order valence-corrected chi connectivity index (χ1v) is 9.58. The van der Waals surface area contributed by atoms with Crippen LogP contribution in [0.25, 0.3) is 6.08 Å². The summed E-state index contributed by atoms with van der Waals surface area (Å²) in [5, 5.41) is 0. The van der Waals surface area contributed by atoms with Gasteiger partial charge in [0, 0.05) is 31.8 Å². The fourth-order valence-electron chi connectivity index (χ4n) is 4.24. The Morgan fingerprint density at radius 3 is 2.41 bits per heavy atom. The van der Waals surface area contributed by atoms with E-state index in [0.717, 1.165) is 22.3 Å². The first-order valence-electron chi connectivity index (χ1n) is 9.58. The van der Waals surface area contributed by atoms with Crippen molar-refractivity contribution < 1.29 is 19.1 Å². The molecule has 1 aliphatic heterocycles. The van der Waals surface area contributed by atoms with Crippen molar-refractivity contribution in [3.63, 3.8) is 0 Å².